The first-order valence-electron chi connectivity index (χ1n) is 9.60. The van der Waals surface area contributed by atoms with Crippen LogP contribution in [0.1, 0.15) is 16.7 Å². The summed E-state index contributed by atoms with van der Waals surface area (Å²) in [5.74, 6) is 0.828. The molecule has 0 bridgehead atoms. The quantitative estimate of drug-likeness (QED) is 0.321. The van der Waals surface area contributed by atoms with Crippen LogP contribution in [0.4, 0.5) is 0 Å². The largest absolute Gasteiger partial charge is 0.489 e. The topological polar surface area (TPSA) is 37.0 Å². The van der Waals surface area contributed by atoms with E-state index in [9.17, 15) is 0 Å². The number of hydrogen-bond acceptors (Lipinski definition) is 2. The van der Waals surface area contributed by atoms with Crippen LogP contribution in [0.5, 0.6) is 5.75 Å². The van der Waals surface area contributed by atoms with Gasteiger partial charge in [0.1, 0.15) is 12.4 Å². The highest BCUT2D eigenvalue weighted by molar-refractivity contribution is 6.30. The summed E-state index contributed by atoms with van der Waals surface area (Å²) in [6.45, 7) is 2.01. The number of aromatic amines is 1. The Morgan fingerprint density at radius 2 is 1.72 bits per heavy atom. The number of hydrogen-bond donors (Lipinski definition) is 2. The zero-order valence-corrected chi connectivity index (χ0v) is 17.4. The molecule has 4 aromatic rings. The molecule has 1 aromatic heterocycles. The fraction of sp³-hybridized carbons (Fsp3) is 0.167. The lowest BCUT2D eigenvalue weighted by Crippen LogP contribution is -2.17. The second-order valence-corrected chi connectivity index (χ2v) is 7.83. The van der Waals surface area contributed by atoms with Gasteiger partial charge in [0.2, 0.25) is 0 Å². The van der Waals surface area contributed by atoms with E-state index in [0.29, 0.717) is 23.2 Å². The van der Waals surface area contributed by atoms with Gasteiger partial charge in [-0.2, -0.15) is 0 Å². The molecule has 0 saturated carbocycles. The highest BCUT2D eigenvalue weighted by atomic mass is 35.5. The molecule has 3 nitrogen and oxygen atoms in total. The minimum Gasteiger partial charge on any atom is -0.489 e. The SMILES string of the molecule is Clc1cccc(COc2ccc(Cl)cc2CNCCc2c[nH]c3ccccc23)c1. The average Bonchev–Trinajstić information content (AvgIpc) is 3.14. The zero-order valence-electron chi connectivity index (χ0n) is 15.9. The molecule has 0 aliphatic heterocycles. The minimum atomic E-state index is 0.463. The molecule has 0 radical (unpaired) electrons. The maximum absolute atomic E-state index is 6.21. The van der Waals surface area contributed by atoms with Crippen molar-refractivity contribution >= 4 is 34.1 Å². The summed E-state index contributed by atoms with van der Waals surface area (Å²) in [6.07, 6.45) is 3.04. The molecular weight excluding hydrogens is 403 g/mol. The van der Waals surface area contributed by atoms with Gasteiger partial charge in [0.25, 0.3) is 0 Å². The van der Waals surface area contributed by atoms with Crippen molar-refractivity contribution in [3.8, 4) is 5.75 Å². The molecule has 3 aromatic carbocycles. The minimum absolute atomic E-state index is 0.463. The number of fused-ring (bicyclic) bond motifs is 1. The van der Waals surface area contributed by atoms with E-state index in [0.717, 1.165) is 29.8 Å². The van der Waals surface area contributed by atoms with Gasteiger partial charge in [0, 0.05) is 39.3 Å². The van der Waals surface area contributed by atoms with Crippen LogP contribution in [0, 0.1) is 0 Å². The number of nitrogens with one attached hydrogen (secondary N) is 2. The van der Waals surface area contributed by atoms with Gasteiger partial charge in [-0.15, -0.1) is 0 Å². The van der Waals surface area contributed by atoms with Crippen LogP contribution in [0.2, 0.25) is 10.0 Å². The second kappa shape index (κ2) is 9.36. The van der Waals surface area contributed by atoms with E-state index in [1.807, 2.05) is 48.5 Å². The Morgan fingerprint density at radius 1 is 0.862 bits per heavy atom. The van der Waals surface area contributed by atoms with Crippen molar-refractivity contribution in [2.75, 3.05) is 6.54 Å². The van der Waals surface area contributed by atoms with Crippen LogP contribution in [0.25, 0.3) is 10.9 Å². The predicted octanol–water partition coefficient (Wildman–Crippen LogP) is 6.39. The summed E-state index contributed by atoms with van der Waals surface area (Å²) < 4.78 is 6.03. The first kappa shape index (κ1) is 19.8. The van der Waals surface area contributed by atoms with Crippen molar-refractivity contribution in [2.45, 2.75) is 19.6 Å². The molecule has 2 N–H and O–H groups in total. The summed E-state index contributed by atoms with van der Waals surface area (Å²) >= 11 is 12.3. The summed E-state index contributed by atoms with van der Waals surface area (Å²) in [5, 5.41) is 6.20. The molecule has 0 fully saturated rings. The Balaban J connectivity index is 1.36. The zero-order chi connectivity index (χ0) is 20.1. The Kier molecular flexibility index (Phi) is 6.40. The van der Waals surface area contributed by atoms with E-state index < -0.39 is 0 Å². The summed E-state index contributed by atoms with van der Waals surface area (Å²) in [6, 6.07) is 21.8. The Bertz CT molecular complexity index is 1110. The highest BCUT2D eigenvalue weighted by Crippen LogP contribution is 2.24. The fourth-order valence-corrected chi connectivity index (χ4v) is 3.81. The molecule has 4 rings (SSSR count). The molecule has 0 amide bonds. The van der Waals surface area contributed by atoms with Gasteiger partial charge in [-0.05, 0) is 60.5 Å². The van der Waals surface area contributed by atoms with Gasteiger partial charge in [-0.3, -0.25) is 0 Å². The summed E-state index contributed by atoms with van der Waals surface area (Å²) in [4.78, 5) is 3.32. The lowest BCUT2D eigenvalue weighted by atomic mass is 10.1. The predicted molar refractivity (Wildman–Crippen MR) is 121 cm³/mol. The van der Waals surface area contributed by atoms with Crippen LogP contribution >= 0.6 is 23.2 Å². The van der Waals surface area contributed by atoms with Gasteiger partial charge in [0.05, 0.1) is 0 Å². The number of ether oxygens (including phenoxy) is 1. The third-order valence-corrected chi connectivity index (χ3v) is 5.34. The van der Waals surface area contributed by atoms with Gasteiger partial charge in [-0.25, -0.2) is 0 Å². The van der Waals surface area contributed by atoms with Crippen LogP contribution in [-0.4, -0.2) is 11.5 Å². The van der Waals surface area contributed by atoms with E-state index in [1.54, 1.807) is 0 Å². The molecule has 0 aliphatic carbocycles. The van der Waals surface area contributed by atoms with Crippen LogP contribution in [0.3, 0.4) is 0 Å². The molecule has 0 spiro atoms. The smallest absolute Gasteiger partial charge is 0.124 e. The van der Waals surface area contributed by atoms with Crippen LogP contribution in [0.15, 0.2) is 72.9 Å². The maximum atomic E-state index is 6.21. The molecule has 0 unspecified atom stereocenters. The number of rotatable bonds is 8. The van der Waals surface area contributed by atoms with Crippen molar-refractivity contribution in [3.63, 3.8) is 0 Å². The summed E-state index contributed by atoms with van der Waals surface area (Å²) in [5.41, 5.74) is 4.56. The molecule has 0 atom stereocenters. The molecule has 0 aliphatic rings. The maximum Gasteiger partial charge on any atom is 0.124 e. The van der Waals surface area contributed by atoms with E-state index in [2.05, 4.69) is 34.7 Å². The second-order valence-electron chi connectivity index (χ2n) is 6.96. The highest BCUT2D eigenvalue weighted by Gasteiger charge is 2.07. The third-order valence-electron chi connectivity index (χ3n) is 4.87. The van der Waals surface area contributed by atoms with E-state index in [1.165, 1.54) is 16.5 Å². The lowest BCUT2D eigenvalue weighted by Gasteiger charge is -2.13. The molecule has 0 saturated heterocycles. The number of aromatic nitrogens is 1. The Labute approximate surface area is 180 Å². The standard InChI is InChI=1S/C24H22Cl2N2O/c25-20-5-3-4-17(12-20)16-29-24-9-8-21(26)13-19(24)14-27-11-10-18-15-28-23-7-2-1-6-22(18)23/h1-9,12-13,15,27-28H,10-11,14,16H2. The van der Waals surface area contributed by atoms with Crippen LogP contribution in [-0.2, 0) is 19.6 Å². The molecular formula is C24H22Cl2N2O. The van der Waals surface area contributed by atoms with Crippen molar-refractivity contribution in [1.82, 2.24) is 10.3 Å². The molecule has 5 heteroatoms. The lowest BCUT2D eigenvalue weighted by molar-refractivity contribution is 0.302. The fourth-order valence-electron chi connectivity index (χ4n) is 3.40. The number of H-pyrrole nitrogens is 1. The van der Waals surface area contributed by atoms with Gasteiger partial charge >= 0.3 is 0 Å². The number of para-hydroxylation sites is 1. The van der Waals surface area contributed by atoms with Crippen molar-refractivity contribution in [1.29, 1.82) is 0 Å². The first-order valence-corrected chi connectivity index (χ1v) is 10.4. The average molecular weight is 425 g/mol. The third kappa shape index (κ3) is 5.13. The van der Waals surface area contributed by atoms with Gasteiger partial charge in [0.15, 0.2) is 0 Å². The molecule has 29 heavy (non-hydrogen) atoms. The Hall–Kier alpha value is -2.46. The van der Waals surface area contributed by atoms with Crippen molar-refractivity contribution in [3.05, 3.63) is 99.7 Å². The first-order chi connectivity index (χ1) is 14.2. The summed E-state index contributed by atoms with van der Waals surface area (Å²) in [7, 11) is 0. The molecule has 148 valence electrons. The van der Waals surface area contributed by atoms with Crippen molar-refractivity contribution < 1.29 is 4.74 Å². The van der Waals surface area contributed by atoms with E-state index in [4.69, 9.17) is 27.9 Å². The van der Waals surface area contributed by atoms with E-state index in [-0.39, 0.29) is 0 Å². The normalized spacial score (nSPS) is 11.1. The van der Waals surface area contributed by atoms with Crippen molar-refractivity contribution in [2.24, 2.45) is 0 Å². The number of benzene rings is 3. The monoisotopic (exact) mass is 424 g/mol. The number of halogens is 2. The van der Waals surface area contributed by atoms with E-state index >= 15 is 0 Å². The van der Waals surface area contributed by atoms with Gasteiger partial charge < -0.3 is 15.0 Å². The molecule has 1 heterocycles. The van der Waals surface area contributed by atoms with Crippen LogP contribution < -0.4 is 10.1 Å². The van der Waals surface area contributed by atoms with Gasteiger partial charge in [-0.1, -0.05) is 53.5 Å². The Morgan fingerprint density at radius 3 is 2.62 bits per heavy atom.